The third-order valence-corrected chi connectivity index (χ3v) is 2.66. The standard InChI is InChI=1S/C11H25N.3C2H6.C2H4.C2H2/c1-5-8-9-11(4,7-3)12-10-6-2;5*1-2/h12H,5-10H2,1-4H3;3*1-2H3;1-2H2;1-2H. The van der Waals surface area contributed by atoms with Crippen molar-refractivity contribution in [2.24, 2.45) is 0 Å². The van der Waals surface area contributed by atoms with E-state index < -0.39 is 0 Å². The predicted molar refractivity (Wildman–Crippen MR) is 112 cm³/mol. The quantitative estimate of drug-likeness (QED) is 0.379. The molecular weight excluding hydrogens is 266 g/mol. The predicted octanol–water partition coefficient (Wildman–Crippen LogP) is 7.48. The summed E-state index contributed by atoms with van der Waals surface area (Å²) in [5, 5.41) is 3.63. The van der Waals surface area contributed by atoms with Gasteiger partial charge in [-0.05, 0) is 32.7 Å². The lowest BCUT2D eigenvalue weighted by molar-refractivity contribution is 0.312. The highest BCUT2D eigenvalue weighted by Gasteiger charge is 2.19. The van der Waals surface area contributed by atoms with Crippen molar-refractivity contribution in [1.82, 2.24) is 5.32 Å². The van der Waals surface area contributed by atoms with Crippen molar-refractivity contribution < 1.29 is 0 Å². The van der Waals surface area contributed by atoms with Crippen molar-refractivity contribution >= 4 is 0 Å². The van der Waals surface area contributed by atoms with Gasteiger partial charge in [0.25, 0.3) is 0 Å². The van der Waals surface area contributed by atoms with Crippen LogP contribution in [-0.4, -0.2) is 12.1 Å². The van der Waals surface area contributed by atoms with E-state index in [1.807, 2.05) is 41.5 Å². The third kappa shape index (κ3) is 42.7. The Morgan fingerprint density at radius 1 is 0.818 bits per heavy atom. The Morgan fingerprint density at radius 3 is 1.41 bits per heavy atom. The molecule has 0 aromatic carbocycles. The molecule has 0 aliphatic rings. The second kappa shape index (κ2) is 50.0. The molecule has 1 unspecified atom stereocenters. The molecule has 0 saturated carbocycles. The number of hydrogen-bond donors (Lipinski definition) is 1. The average Bonchev–Trinajstić information content (AvgIpc) is 2.66. The molecule has 0 bridgehead atoms. The molecule has 0 aromatic heterocycles. The minimum absolute atomic E-state index is 0.395. The number of unbranched alkanes of at least 4 members (excludes halogenated alkanes) is 1. The molecule has 1 atom stereocenters. The van der Waals surface area contributed by atoms with Crippen molar-refractivity contribution in [3.05, 3.63) is 13.2 Å². The van der Waals surface area contributed by atoms with E-state index in [-0.39, 0.29) is 0 Å². The lowest BCUT2D eigenvalue weighted by Gasteiger charge is -2.29. The van der Waals surface area contributed by atoms with Crippen LogP contribution in [0.15, 0.2) is 13.2 Å². The maximum absolute atomic E-state index is 4.00. The van der Waals surface area contributed by atoms with Crippen molar-refractivity contribution in [2.75, 3.05) is 6.54 Å². The van der Waals surface area contributed by atoms with E-state index in [4.69, 9.17) is 0 Å². The fraction of sp³-hybridized carbons (Fsp3) is 0.810. The van der Waals surface area contributed by atoms with Crippen LogP contribution in [0.4, 0.5) is 0 Å². The maximum Gasteiger partial charge on any atom is 0.0150 e. The molecule has 1 nitrogen and oxygen atoms in total. The van der Waals surface area contributed by atoms with Gasteiger partial charge in [-0.1, -0.05) is 75.2 Å². The molecule has 0 heterocycles. The number of terminal acetylenes is 1. The van der Waals surface area contributed by atoms with E-state index in [9.17, 15) is 0 Å². The van der Waals surface area contributed by atoms with Crippen LogP contribution >= 0.6 is 0 Å². The number of hydrogen-bond acceptors (Lipinski definition) is 1. The maximum atomic E-state index is 4.00. The summed E-state index contributed by atoms with van der Waals surface area (Å²) in [6.07, 6.45) is 14.5. The van der Waals surface area contributed by atoms with Gasteiger partial charge in [-0.25, -0.2) is 0 Å². The van der Waals surface area contributed by atoms with Gasteiger partial charge in [0.1, 0.15) is 0 Å². The van der Waals surface area contributed by atoms with Crippen molar-refractivity contribution in [3.63, 3.8) is 0 Å². The monoisotopic (exact) mass is 315 g/mol. The molecule has 1 heteroatoms. The summed E-state index contributed by atoms with van der Waals surface area (Å²) in [5.74, 6) is 0. The Labute approximate surface area is 145 Å². The second-order valence-electron chi connectivity index (χ2n) is 3.94. The molecule has 0 spiro atoms. The first-order valence-corrected chi connectivity index (χ1v) is 9.27. The largest absolute Gasteiger partial charge is 0.312 e. The molecule has 1 N–H and O–H groups in total. The Balaban J connectivity index is -0.0000000540. The first-order valence-electron chi connectivity index (χ1n) is 9.27. The molecule has 0 fully saturated rings. The van der Waals surface area contributed by atoms with Gasteiger partial charge in [-0.3, -0.25) is 0 Å². The summed E-state index contributed by atoms with van der Waals surface area (Å²) < 4.78 is 0. The lowest BCUT2D eigenvalue weighted by atomic mass is 9.92. The highest BCUT2D eigenvalue weighted by molar-refractivity contribution is 4.80. The Hall–Kier alpha value is -0.740. The zero-order chi connectivity index (χ0) is 19.4. The minimum Gasteiger partial charge on any atom is -0.312 e. The Morgan fingerprint density at radius 2 is 1.18 bits per heavy atom. The molecule has 0 radical (unpaired) electrons. The smallest absolute Gasteiger partial charge is 0.0150 e. The fourth-order valence-corrected chi connectivity index (χ4v) is 1.38. The van der Waals surface area contributed by atoms with E-state index in [0.717, 1.165) is 6.54 Å². The van der Waals surface area contributed by atoms with Crippen LogP contribution < -0.4 is 5.32 Å². The van der Waals surface area contributed by atoms with Gasteiger partial charge < -0.3 is 5.32 Å². The Bertz CT molecular complexity index is 130. The van der Waals surface area contributed by atoms with Crippen LogP contribution in [0.3, 0.4) is 0 Å². The summed E-state index contributed by atoms with van der Waals surface area (Å²) in [6.45, 7) is 28.3. The topological polar surface area (TPSA) is 12.0 Å². The number of rotatable bonds is 7. The van der Waals surface area contributed by atoms with Gasteiger partial charge in [-0.2, -0.15) is 0 Å². The molecule has 0 rings (SSSR count). The summed E-state index contributed by atoms with van der Waals surface area (Å²) in [6, 6.07) is 0. The summed E-state index contributed by atoms with van der Waals surface area (Å²) >= 11 is 0. The molecule has 0 aliphatic heterocycles. The van der Waals surface area contributed by atoms with E-state index in [0.29, 0.717) is 5.54 Å². The second-order valence-corrected chi connectivity index (χ2v) is 3.94. The van der Waals surface area contributed by atoms with Crippen molar-refractivity contribution in [2.45, 2.75) is 107 Å². The average molecular weight is 316 g/mol. The van der Waals surface area contributed by atoms with Crippen LogP contribution in [0, 0.1) is 12.8 Å². The normalized spacial score (nSPS) is 9.82. The SMILES string of the molecule is C#C.C=C.CC.CC.CC.CCCCC(C)(CC)NCCC. The first-order chi connectivity index (χ1) is 10.7. The van der Waals surface area contributed by atoms with Gasteiger partial charge in [0.2, 0.25) is 0 Å². The van der Waals surface area contributed by atoms with E-state index in [1.54, 1.807) is 0 Å². The Kier molecular flexibility index (Phi) is 85.2. The van der Waals surface area contributed by atoms with Crippen molar-refractivity contribution in [1.29, 1.82) is 0 Å². The van der Waals surface area contributed by atoms with Gasteiger partial charge in [0.05, 0.1) is 0 Å². The minimum atomic E-state index is 0.395. The molecule has 138 valence electrons. The lowest BCUT2D eigenvalue weighted by Crippen LogP contribution is -2.42. The van der Waals surface area contributed by atoms with Gasteiger partial charge in [0, 0.05) is 5.54 Å². The van der Waals surface area contributed by atoms with Crippen molar-refractivity contribution in [3.8, 4) is 12.8 Å². The molecule has 0 aliphatic carbocycles. The fourth-order valence-electron chi connectivity index (χ4n) is 1.38. The van der Waals surface area contributed by atoms with Crippen LogP contribution in [0.2, 0.25) is 0 Å². The van der Waals surface area contributed by atoms with Crippen LogP contribution in [0.5, 0.6) is 0 Å². The van der Waals surface area contributed by atoms with Gasteiger partial charge in [-0.15, -0.1) is 26.0 Å². The zero-order valence-corrected chi connectivity index (χ0v) is 17.8. The summed E-state index contributed by atoms with van der Waals surface area (Å²) in [7, 11) is 0. The highest BCUT2D eigenvalue weighted by atomic mass is 15.0. The summed E-state index contributed by atoms with van der Waals surface area (Å²) in [4.78, 5) is 0. The van der Waals surface area contributed by atoms with Crippen LogP contribution in [-0.2, 0) is 0 Å². The van der Waals surface area contributed by atoms with E-state index in [1.165, 1.54) is 32.1 Å². The zero-order valence-electron chi connectivity index (χ0n) is 17.8. The first kappa shape index (κ1) is 37.5. The summed E-state index contributed by atoms with van der Waals surface area (Å²) in [5.41, 5.74) is 0.395. The molecule has 22 heavy (non-hydrogen) atoms. The molecular formula is C21H49N. The molecule has 0 aromatic rings. The van der Waals surface area contributed by atoms with E-state index in [2.05, 4.69) is 59.0 Å². The molecule has 0 saturated heterocycles. The molecule has 0 amide bonds. The van der Waals surface area contributed by atoms with E-state index >= 15 is 0 Å². The van der Waals surface area contributed by atoms with Crippen LogP contribution in [0.1, 0.15) is 101 Å². The van der Waals surface area contributed by atoms with Gasteiger partial charge >= 0.3 is 0 Å². The van der Waals surface area contributed by atoms with Gasteiger partial charge in [0.15, 0.2) is 0 Å². The number of nitrogens with one attached hydrogen (secondary N) is 1. The van der Waals surface area contributed by atoms with Crippen LogP contribution in [0.25, 0.3) is 0 Å². The highest BCUT2D eigenvalue weighted by Crippen LogP contribution is 2.17. The third-order valence-electron chi connectivity index (χ3n) is 2.66.